The van der Waals surface area contributed by atoms with E-state index in [1.54, 1.807) is 6.20 Å². The van der Waals surface area contributed by atoms with Crippen molar-refractivity contribution in [2.75, 3.05) is 0 Å². The number of aryl methyl sites for hydroxylation is 1. The second kappa shape index (κ2) is 6.90. The van der Waals surface area contributed by atoms with Crippen molar-refractivity contribution in [2.45, 2.75) is 19.4 Å². The summed E-state index contributed by atoms with van der Waals surface area (Å²) in [6.45, 7) is 0.223. The van der Waals surface area contributed by atoms with Gasteiger partial charge in [-0.3, -0.25) is 9.78 Å². The highest BCUT2D eigenvalue weighted by Gasteiger charge is 2.04. The third-order valence-corrected chi connectivity index (χ3v) is 2.89. The Labute approximate surface area is 117 Å². The van der Waals surface area contributed by atoms with Crippen LogP contribution < -0.4 is 0 Å². The summed E-state index contributed by atoms with van der Waals surface area (Å²) in [6.07, 6.45) is 2.68. The van der Waals surface area contributed by atoms with Crippen molar-refractivity contribution >= 4 is 17.6 Å². The Bertz CT molecular complexity index is 526. The largest absolute Gasteiger partial charge is 0.459 e. The van der Waals surface area contributed by atoms with Gasteiger partial charge in [0.1, 0.15) is 6.61 Å². The summed E-state index contributed by atoms with van der Waals surface area (Å²) in [5, 5.41) is 0.696. The van der Waals surface area contributed by atoms with Crippen LogP contribution in [0.15, 0.2) is 48.7 Å². The number of benzene rings is 1. The number of nitrogens with zero attached hydrogens (tertiary/aromatic N) is 1. The van der Waals surface area contributed by atoms with Crippen molar-refractivity contribution in [3.8, 4) is 0 Å². The molecule has 2 rings (SSSR count). The zero-order chi connectivity index (χ0) is 13.5. The predicted octanol–water partition coefficient (Wildman–Crippen LogP) is 3.41. The fraction of sp³-hybridized carbons (Fsp3) is 0.200. The molecule has 1 heterocycles. The standard InChI is InChI=1S/C15H14ClNO2/c16-13-7-4-12(5-8-13)6-9-15(18)19-11-14-3-1-2-10-17-14/h1-5,7-8,10H,6,9,11H2. The Hall–Kier alpha value is -1.87. The van der Waals surface area contributed by atoms with Gasteiger partial charge in [0, 0.05) is 17.6 Å². The van der Waals surface area contributed by atoms with Gasteiger partial charge in [-0.25, -0.2) is 0 Å². The van der Waals surface area contributed by atoms with Gasteiger partial charge < -0.3 is 4.74 Å². The minimum Gasteiger partial charge on any atom is -0.459 e. The van der Waals surface area contributed by atoms with E-state index in [9.17, 15) is 4.79 Å². The Morgan fingerprint density at radius 3 is 2.63 bits per heavy atom. The lowest BCUT2D eigenvalue weighted by Crippen LogP contribution is -2.06. The number of rotatable bonds is 5. The van der Waals surface area contributed by atoms with Gasteiger partial charge in [-0.1, -0.05) is 29.8 Å². The lowest BCUT2D eigenvalue weighted by Gasteiger charge is -2.04. The summed E-state index contributed by atoms with van der Waals surface area (Å²) in [7, 11) is 0. The minimum absolute atomic E-state index is 0.222. The van der Waals surface area contributed by atoms with Crippen molar-refractivity contribution in [3.05, 3.63) is 64.9 Å². The zero-order valence-corrected chi connectivity index (χ0v) is 11.1. The summed E-state index contributed by atoms with van der Waals surface area (Å²) < 4.78 is 5.15. The first-order valence-electron chi connectivity index (χ1n) is 6.04. The molecule has 3 nitrogen and oxygen atoms in total. The smallest absolute Gasteiger partial charge is 0.306 e. The second-order valence-electron chi connectivity index (χ2n) is 4.11. The maximum Gasteiger partial charge on any atom is 0.306 e. The molecule has 1 aromatic carbocycles. The van der Waals surface area contributed by atoms with E-state index in [4.69, 9.17) is 16.3 Å². The lowest BCUT2D eigenvalue weighted by molar-refractivity contribution is -0.145. The van der Waals surface area contributed by atoms with E-state index in [2.05, 4.69) is 4.98 Å². The van der Waals surface area contributed by atoms with Crippen molar-refractivity contribution in [2.24, 2.45) is 0 Å². The summed E-state index contributed by atoms with van der Waals surface area (Å²) in [5.74, 6) is -0.222. The summed E-state index contributed by atoms with van der Waals surface area (Å²) in [4.78, 5) is 15.7. The molecule has 98 valence electrons. The van der Waals surface area contributed by atoms with Gasteiger partial charge in [-0.15, -0.1) is 0 Å². The van der Waals surface area contributed by atoms with Crippen LogP contribution in [-0.2, 0) is 22.6 Å². The van der Waals surface area contributed by atoms with Crippen LogP contribution >= 0.6 is 11.6 Å². The van der Waals surface area contributed by atoms with Gasteiger partial charge in [0.25, 0.3) is 0 Å². The molecule has 0 saturated heterocycles. The van der Waals surface area contributed by atoms with E-state index in [0.717, 1.165) is 11.3 Å². The molecule has 0 aliphatic heterocycles. The summed E-state index contributed by atoms with van der Waals surface area (Å²) in [6, 6.07) is 13.0. The molecule has 0 radical (unpaired) electrons. The van der Waals surface area contributed by atoms with Crippen LogP contribution in [0.25, 0.3) is 0 Å². The zero-order valence-electron chi connectivity index (χ0n) is 10.4. The quantitative estimate of drug-likeness (QED) is 0.785. The molecule has 0 fully saturated rings. The van der Waals surface area contributed by atoms with Crippen molar-refractivity contribution in [1.29, 1.82) is 0 Å². The Balaban J connectivity index is 1.74. The van der Waals surface area contributed by atoms with Crippen LogP contribution in [0.2, 0.25) is 5.02 Å². The molecule has 2 aromatic rings. The molecule has 0 bridgehead atoms. The van der Waals surface area contributed by atoms with E-state index in [1.807, 2.05) is 42.5 Å². The van der Waals surface area contributed by atoms with Crippen molar-refractivity contribution < 1.29 is 9.53 Å². The fourth-order valence-electron chi connectivity index (χ4n) is 1.61. The third kappa shape index (κ3) is 4.72. The number of aromatic nitrogens is 1. The Morgan fingerprint density at radius 1 is 1.16 bits per heavy atom. The van der Waals surface area contributed by atoms with Crippen LogP contribution in [0.4, 0.5) is 0 Å². The SMILES string of the molecule is O=C(CCc1ccc(Cl)cc1)OCc1ccccn1. The number of hydrogen-bond donors (Lipinski definition) is 0. The number of pyridine rings is 1. The van der Waals surface area contributed by atoms with Gasteiger partial charge in [-0.2, -0.15) is 0 Å². The summed E-state index contributed by atoms with van der Waals surface area (Å²) >= 11 is 5.79. The normalized spacial score (nSPS) is 10.2. The molecule has 0 spiro atoms. The van der Waals surface area contributed by atoms with Crippen molar-refractivity contribution in [1.82, 2.24) is 4.98 Å². The molecule has 4 heteroatoms. The fourth-order valence-corrected chi connectivity index (χ4v) is 1.73. The molecule has 0 unspecified atom stereocenters. The molecule has 1 aromatic heterocycles. The molecule has 0 saturated carbocycles. The number of carbonyl (C=O) groups excluding carboxylic acids is 1. The van der Waals surface area contributed by atoms with Gasteiger partial charge in [0.2, 0.25) is 0 Å². The summed E-state index contributed by atoms with van der Waals surface area (Å²) in [5.41, 5.74) is 1.82. The highest BCUT2D eigenvalue weighted by molar-refractivity contribution is 6.30. The number of hydrogen-bond acceptors (Lipinski definition) is 3. The number of halogens is 1. The molecule has 0 amide bonds. The average Bonchev–Trinajstić information content (AvgIpc) is 2.45. The van der Waals surface area contributed by atoms with Gasteiger partial charge >= 0.3 is 5.97 Å². The first-order valence-corrected chi connectivity index (χ1v) is 6.42. The van der Waals surface area contributed by atoms with E-state index in [1.165, 1.54) is 0 Å². The molecule has 0 aliphatic rings. The third-order valence-electron chi connectivity index (χ3n) is 2.64. The van der Waals surface area contributed by atoms with E-state index >= 15 is 0 Å². The topological polar surface area (TPSA) is 39.2 Å². The van der Waals surface area contributed by atoms with Gasteiger partial charge in [0.05, 0.1) is 5.69 Å². The molecule has 19 heavy (non-hydrogen) atoms. The number of carbonyl (C=O) groups is 1. The highest BCUT2D eigenvalue weighted by Crippen LogP contribution is 2.11. The molecule has 0 aliphatic carbocycles. The predicted molar refractivity (Wildman–Crippen MR) is 73.8 cm³/mol. The first-order chi connectivity index (χ1) is 9.24. The lowest BCUT2D eigenvalue weighted by atomic mass is 10.1. The van der Waals surface area contributed by atoms with Crippen LogP contribution in [-0.4, -0.2) is 11.0 Å². The number of ether oxygens (including phenoxy) is 1. The van der Waals surface area contributed by atoms with Gasteiger partial charge in [-0.05, 0) is 36.2 Å². The first kappa shape index (κ1) is 13.6. The van der Waals surface area contributed by atoms with Crippen LogP contribution in [0.3, 0.4) is 0 Å². The van der Waals surface area contributed by atoms with Crippen LogP contribution in [0.5, 0.6) is 0 Å². The molecular formula is C15H14ClNO2. The molecule has 0 atom stereocenters. The molecule has 0 N–H and O–H groups in total. The van der Waals surface area contributed by atoms with Crippen LogP contribution in [0, 0.1) is 0 Å². The maximum atomic E-state index is 11.6. The van der Waals surface area contributed by atoms with E-state index in [0.29, 0.717) is 17.9 Å². The van der Waals surface area contributed by atoms with Gasteiger partial charge in [0.15, 0.2) is 0 Å². The Kier molecular flexibility index (Phi) is 4.93. The maximum absolute atomic E-state index is 11.6. The second-order valence-corrected chi connectivity index (χ2v) is 4.54. The van der Waals surface area contributed by atoms with E-state index in [-0.39, 0.29) is 12.6 Å². The van der Waals surface area contributed by atoms with Crippen molar-refractivity contribution in [3.63, 3.8) is 0 Å². The average molecular weight is 276 g/mol. The van der Waals surface area contributed by atoms with E-state index < -0.39 is 0 Å². The number of esters is 1. The molecular weight excluding hydrogens is 262 g/mol. The monoisotopic (exact) mass is 275 g/mol. The van der Waals surface area contributed by atoms with Crippen LogP contribution in [0.1, 0.15) is 17.7 Å². The Morgan fingerprint density at radius 2 is 1.95 bits per heavy atom. The highest BCUT2D eigenvalue weighted by atomic mass is 35.5. The minimum atomic E-state index is -0.222.